The molecule has 0 aliphatic carbocycles. The lowest BCUT2D eigenvalue weighted by Crippen LogP contribution is -2.04. The summed E-state index contributed by atoms with van der Waals surface area (Å²) in [6.07, 6.45) is 2.88. The Morgan fingerprint density at radius 3 is 3.21 bits per heavy atom. The minimum atomic E-state index is 0.520. The second-order valence-corrected chi connectivity index (χ2v) is 5.19. The molecule has 0 spiro atoms. The Hall–Kier alpha value is -1.74. The van der Waals surface area contributed by atoms with Crippen LogP contribution < -0.4 is 10.6 Å². The third kappa shape index (κ3) is 2.51. The van der Waals surface area contributed by atoms with Crippen LogP contribution in [-0.2, 0) is 13.0 Å². The molecule has 2 N–H and O–H groups in total. The van der Waals surface area contributed by atoms with Gasteiger partial charge in [-0.2, -0.15) is 0 Å². The van der Waals surface area contributed by atoms with E-state index in [4.69, 9.17) is 11.6 Å². The molecule has 4 heteroatoms. The number of nitrogens with zero attached hydrogens (tertiary/aromatic N) is 1. The maximum Gasteiger partial charge on any atom is 0.152 e. The Kier molecular flexibility index (Phi) is 3.30. The number of pyridine rings is 1. The van der Waals surface area contributed by atoms with Gasteiger partial charge in [-0.1, -0.05) is 29.8 Å². The van der Waals surface area contributed by atoms with Crippen LogP contribution in [0.3, 0.4) is 0 Å². The van der Waals surface area contributed by atoms with Crippen molar-refractivity contribution in [3.63, 3.8) is 0 Å². The third-order valence-corrected chi connectivity index (χ3v) is 3.68. The number of anilines is 2. The summed E-state index contributed by atoms with van der Waals surface area (Å²) in [4.78, 5) is 4.15. The zero-order chi connectivity index (χ0) is 13.2. The number of fused-ring (bicyclic) bond motifs is 1. The molecule has 19 heavy (non-hydrogen) atoms. The molecule has 0 bridgehead atoms. The van der Waals surface area contributed by atoms with Crippen LogP contribution in [0.1, 0.15) is 16.7 Å². The van der Waals surface area contributed by atoms with Gasteiger partial charge in [-0.05, 0) is 36.1 Å². The van der Waals surface area contributed by atoms with E-state index in [1.165, 1.54) is 16.8 Å². The lowest BCUT2D eigenvalue weighted by Gasteiger charge is -2.12. The summed E-state index contributed by atoms with van der Waals surface area (Å²) in [5.74, 6) is 0. The van der Waals surface area contributed by atoms with Gasteiger partial charge in [0.05, 0.1) is 5.69 Å². The Labute approximate surface area is 118 Å². The highest BCUT2D eigenvalue weighted by atomic mass is 35.5. The van der Waals surface area contributed by atoms with Gasteiger partial charge in [0.1, 0.15) is 0 Å². The summed E-state index contributed by atoms with van der Waals surface area (Å²) >= 11 is 6.09. The fraction of sp³-hybridized carbons (Fsp3) is 0.267. The number of benzene rings is 1. The zero-order valence-corrected chi connectivity index (χ0v) is 11.6. The van der Waals surface area contributed by atoms with Gasteiger partial charge in [0.25, 0.3) is 0 Å². The van der Waals surface area contributed by atoms with E-state index in [-0.39, 0.29) is 0 Å². The molecular formula is C15H16ClN3. The Morgan fingerprint density at radius 2 is 2.32 bits per heavy atom. The van der Waals surface area contributed by atoms with Gasteiger partial charge in [0, 0.05) is 25.0 Å². The van der Waals surface area contributed by atoms with Crippen LogP contribution in [0.5, 0.6) is 0 Å². The van der Waals surface area contributed by atoms with Crippen molar-refractivity contribution in [2.24, 2.45) is 0 Å². The van der Waals surface area contributed by atoms with Gasteiger partial charge < -0.3 is 10.6 Å². The average molecular weight is 274 g/mol. The molecule has 0 radical (unpaired) electrons. The molecule has 3 rings (SSSR count). The van der Waals surface area contributed by atoms with Crippen molar-refractivity contribution >= 4 is 23.0 Å². The lowest BCUT2D eigenvalue weighted by molar-refractivity contribution is 1.11. The van der Waals surface area contributed by atoms with Crippen molar-refractivity contribution in [3.8, 4) is 0 Å². The second kappa shape index (κ2) is 5.10. The van der Waals surface area contributed by atoms with E-state index in [1.807, 2.05) is 13.0 Å². The van der Waals surface area contributed by atoms with E-state index in [0.717, 1.165) is 30.8 Å². The molecule has 98 valence electrons. The van der Waals surface area contributed by atoms with Crippen molar-refractivity contribution in [1.82, 2.24) is 4.98 Å². The molecular weight excluding hydrogens is 258 g/mol. The van der Waals surface area contributed by atoms with E-state index in [1.54, 1.807) is 6.20 Å². The first-order valence-corrected chi connectivity index (χ1v) is 6.82. The first kappa shape index (κ1) is 12.3. The van der Waals surface area contributed by atoms with Gasteiger partial charge in [-0.25, -0.2) is 4.98 Å². The van der Waals surface area contributed by atoms with Crippen molar-refractivity contribution < 1.29 is 0 Å². The smallest absolute Gasteiger partial charge is 0.152 e. The van der Waals surface area contributed by atoms with E-state index >= 15 is 0 Å². The number of para-hydroxylation sites is 1. The maximum atomic E-state index is 6.09. The highest BCUT2D eigenvalue weighted by Crippen LogP contribution is 2.28. The Bertz CT molecular complexity index is 610. The molecule has 0 atom stereocenters. The molecule has 2 heterocycles. The number of aryl methyl sites for hydroxylation is 1. The Balaban J connectivity index is 1.80. The second-order valence-electron chi connectivity index (χ2n) is 4.83. The summed E-state index contributed by atoms with van der Waals surface area (Å²) < 4.78 is 0. The first-order chi connectivity index (χ1) is 9.24. The molecule has 3 nitrogen and oxygen atoms in total. The predicted octanol–water partition coefficient (Wildman–Crippen LogP) is 3.62. The van der Waals surface area contributed by atoms with Crippen molar-refractivity contribution in [1.29, 1.82) is 0 Å². The van der Waals surface area contributed by atoms with Gasteiger partial charge in [0.15, 0.2) is 5.15 Å². The zero-order valence-electron chi connectivity index (χ0n) is 10.8. The summed E-state index contributed by atoms with van der Waals surface area (Å²) in [6.45, 7) is 3.79. The highest BCUT2D eigenvalue weighted by Gasteiger charge is 2.13. The van der Waals surface area contributed by atoms with Crippen molar-refractivity contribution in [2.45, 2.75) is 19.9 Å². The van der Waals surface area contributed by atoms with E-state index in [2.05, 4.69) is 33.8 Å². The van der Waals surface area contributed by atoms with Crippen LogP contribution in [-0.4, -0.2) is 11.5 Å². The van der Waals surface area contributed by atoms with Gasteiger partial charge in [-0.3, -0.25) is 0 Å². The average Bonchev–Trinajstić information content (AvgIpc) is 2.88. The van der Waals surface area contributed by atoms with Crippen LogP contribution in [0, 0.1) is 6.92 Å². The molecule has 1 aliphatic heterocycles. The quantitative estimate of drug-likeness (QED) is 0.839. The summed E-state index contributed by atoms with van der Waals surface area (Å²) in [7, 11) is 0. The molecule has 1 aliphatic rings. The van der Waals surface area contributed by atoms with Gasteiger partial charge >= 0.3 is 0 Å². The number of aromatic nitrogens is 1. The normalized spacial score (nSPS) is 12.9. The standard InChI is InChI=1S/C15H16ClN3/c1-10-7-13(15(16)19-8-10)18-9-12-4-2-3-11-5-6-17-14(11)12/h2-4,7-8,17-18H,5-6,9H2,1H3. The number of halogens is 1. The highest BCUT2D eigenvalue weighted by molar-refractivity contribution is 6.31. The first-order valence-electron chi connectivity index (χ1n) is 6.45. The minimum absolute atomic E-state index is 0.520. The Morgan fingerprint density at radius 1 is 1.42 bits per heavy atom. The van der Waals surface area contributed by atoms with Crippen molar-refractivity contribution in [2.75, 3.05) is 17.2 Å². The molecule has 1 aromatic carbocycles. The van der Waals surface area contributed by atoms with Crippen LogP contribution in [0.4, 0.5) is 11.4 Å². The lowest BCUT2D eigenvalue weighted by atomic mass is 10.1. The third-order valence-electron chi connectivity index (χ3n) is 3.38. The minimum Gasteiger partial charge on any atom is -0.384 e. The number of hydrogen-bond donors (Lipinski definition) is 2. The van der Waals surface area contributed by atoms with Gasteiger partial charge in [0.2, 0.25) is 0 Å². The molecule has 0 saturated carbocycles. The number of rotatable bonds is 3. The summed E-state index contributed by atoms with van der Waals surface area (Å²) in [6, 6.07) is 8.45. The predicted molar refractivity (Wildman–Crippen MR) is 79.9 cm³/mol. The largest absolute Gasteiger partial charge is 0.384 e. The SMILES string of the molecule is Cc1cnc(Cl)c(NCc2cccc3c2NCC3)c1. The van der Waals surface area contributed by atoms with Crippen LogP contribution >= 0.6 is 11.6 Å². The van der Waals surface area contributed by atoms with Crippen LogP contribution in [0.2, 0.25) is 5.15 Å². The number of hydrogen-bond acceptors (Lipinski definition) is 3. The van der Waals surface area contributed by atoms with E-state index < -0.39 is 0 Å². The van der Waals surface area contributed by atoms with Crippen LogP contribution in [0.25, 0.3) is 0 Å². The van der Waals surface area contributed by atoms with Crippen LogP contribution in [0.15, 0.2) is 30.5 Å². The topological polar surface area (TPSA) is 37.0 Å². The molecule has 1 aromatic heterocycles. The van der Waals surface area contributed by atoms with Gasteiger partial charge in [-0.15, -0.1) is 0 Å². The fourth-order valence-corrected chi connectivity index (χ4v) is 2.60. The molecule has 0 unspecified atom stereocenters. The van der Waals surface area contributed by atoms with E-state index in [0.29, 0.717) is 5.15 Å². The summed E-state index contributed by atoms with van der Waals surface area (Å²) in [5, 5.41) is 7.33. The number of nitrogens with one attached hydrogen (secondary N) is 2. The maximum absolute atomic E-state index is 6.09. The fourth-order valence-electron chi connectivity index (χ4n) is 2.43. The van der Waals surface area contributed by atoms with Crippen molar-refractivity contribution in [3.05, 3.63) is 52.3 Å². The monoisotopic (exact) mass is 273 g/mol. The summed E-state index contributed by atoms with van der Waals surface area (Å²) in [5.41, 5.74) is 5.92. The molecule has 2 aromatic rings. The molecule has 0 saturated heterocycles. The molecule has 0 amide bonds. The van der Waals surface area contributed by atoms with E-state index in [9.17, 15) is 0 Å². The molecule has 0 fully saturated rings.